The number of hydrogen-bond donors (Lipinski definition) is 1. The minimum atomic E-state index is -2.99. The maximum Gasteiger partial charge on any atom is 0.387 e. The molecule has 0 unspecified atom stereocenters. The van der Waals surface area contributed by atoms with Crippen molar-refractivity contribution in [1.29, 1.82) is 0 Å². The zero-order chi connectivity index (χ0) is 20.5. The van der Waals surface area contributed by atoms with Gasteiger partial charge in [0.05, 0.1) is 25.5 Å². The van der Waals surface area contributed by atoms with Gasteiger partial charge in [-0.3, -0.25) is 4.79 Å². The number of halogens is 2. The number of carbonyl (C=O) groups excluding carboxylic acids is 1. The maximum atomic E-state index is 12.7. The Labute approximate surface area is 162 Å². The van der Waals surface area contributed by atoms with Crippen molar-refractivity contribution < 1.29 is 32.5 Å². The van der Waals surface area contributed by atoms with E-state index in [1.165, 1.54) is 18.2 Å². The first-order valence-electron chi connectivity index (χ1n) is 8.91. The van der Waals surface area contributed by atoms with E-state index in [1.807, 2.05) is 13.8 Å². The average Bonchev–Trinajstić information content (AvgIpc) is 2.65. The summed E-state index contributed by atoms with van der Waals surface area (Å²) in [4.78, 5) is 12.7. The quantitative estimate of drug-likeness (QED) is 0.630. The molecule has 2 aromatic carbocycles. The van der Waals surface area contributed by atoms with E-state index in [-0.39, 0.29) is 23.7 Å². The summed E-state index contributed by atoms with van der Waals surface area (Å²) in [6.45, 7) is 3.53. The van der Waals surface area contributed by atoms with Crippen molar-refractivity contribution in [1.82, 2.24) is 0 Å². The lowest BCUT2D eigenvalue weighted by Crippen LogP contribution is -2.14. The van der Waals surface area contributed by atoms with Crippen molar-refractivity contribution in [2.75, 3.05) is 25.1 Å². The van der Waals surface area contributed by atoms with E-state index in [0.29, 0.717) is 30.4 Å². The van der Waals surface area contributed by atoms with Crippen LogP contribution in [0.2, 0.25) is 0 Å². The highest BCUT2D eigenvalue weighted by Crippen LogP contribution is 2.32. The van der Waals surface area contributed by atoms with Crippen molar-refractivity contribution in [2.24, 2.45) is 0 Å². The Bertz CT molecular complexity index is 798. The maximum absolute atomic E-state index is 12.7. The molecule has 6 nitrogen and oxygen atoms in total. The monoisotopic (exact) mass is 395 g/mol. The fourth-order valence-electron chi connectivity index (χ4n) is 2.45. The molecule has 8 heteroatoms. The minimum Gasteiger partial charge on any atom is -0.494 e. The van der Waals surface area contributed by atoms with Gasteiger partial charge in [-0.25, -0.2) is 0 Å². The van der Waals surface area contributed by atoms with Crippen molar-refractivity contribution >= 4 is 11.6 Å². The summed E-state index contributed by atoms with van der Waals surface area (Å²) in [5, 5.41) is 2.75. The fraction of sp³-hybridized carbons (Fsp3) is 0.350. The van der Waals surface area contributed by atoms with E-state index in [9.17, 15) is 13.6 Å². The predicted octanol–water partition coefficient (Wildman–Crippen LogP) is 4.74. The molecule has 0 aliphatic rings. The van der Waals surface area contributed by atoms with Gasteiger partial charge in [0.15, 0.2) is 11.5 Å². The number of ether oxygens (including phenoxy) is 4. The largest absolute Gasteiger partial charge is 0.494 e. The molecule has 1 N–H and O–H groups in total. The smallest absolute Gasteiger partial charge is 0.387 e. The second kappa shape index (κ2) is 10.3. The number of anilines is 1. The average molecular weight is 395 g/mol. The van der Waals surface area contributed by atoms with Gasteiger partial charge >= 0.3 is 6.61 Å². The van der Waals surface area contributed by atoms with Crippen LogP contribution in [-0.2, 0) is 0 Å². The molecular formula is C20H23F2NO5. The highest BCUT2D eigenvalue weighted by molar-refractivity contribution is 6.05. The lowest BCUT2D eigenvalue weighted by Gasteiger charge is -2.15. The molecule has 0 fully saturated rings. The van der Waals surface area contributed by atoms with Gasteiger partial charge < -0.3 is 24.3 Å². The van der Waals surface area contributed by atoms with Crippen LogP contribution in [-0.4, -0.2) is 32.3 Å². The summed E-state index contributed by atoms with van der Waals surface area (Å²) in [5.41, 5.74) is 0.651. The van der Waals surface area contributed by atoms with Gasteiger partial charge in [0.1, 0.15) is 11.5 Å². The van der Waals surface area contributed by atoms with E-state index in [2.05, 4.69) is 10.1 Å². The van der Waals surface area contributed by atoms with Crippen LogP contribution in [0.15, 0.2) is 36.4 Å². The predicted molar refractivity (Wildman–Crippen MR) is 101 cm³/mol. The van der Waals surface area contributed by atoms with Crippen LogP contribution in [0.3, 0.4) is 0 Å². The Morgan fingerprint density at radius 3 is 2.18 bits per heavy atom. The van der Waals surface area contributed by atoms with Crippen molar-refractivity contribution in [3.05, 3.63) is 42.0 Å². The third-order valence-electron chi connectivity index (χ3n) is 3.53. The van der Waals surface area contributed by atoms with Gasteiger partial charge in [-0.05, 0) is 51.1 Å². The lowest BCUT2D eigenvalue weighted by atomic mass is 10.1. The van der Waals surface area contributed by atoms with Crippen molar-refractivity contribution in [2.45, 2.75) is 27.4 Å². The summed E-state index contributed by atoms with van der Waals surface area (Å²) < 4.78 is 45.8. The molecule has 0 aliphatic heterocycles. The third-order valence-corrected chi connectivity index (χ3v) is 3.53. The Morgan fingerprint density at radius 2 is 1.54 bits per heavy atom. The Hall–Kier alpha value is -3.03. The minimum absolute atomic E-state index is 0.0588. The third kappa shape index (κ3) is 5.73. The number of alkyl halides is 2. The Balaban J connectivity index is 2.28. The zero-order valence-electron chi connectivity index (χ0n) is 16.0. The number of nitrogens with one attached hydrogen (secondary N) is 1. The second-order valence-electron chi connectivity index (χ2n) is 5.45. The van der Waals surface area contributed by atoms with Crippen LogP contribution in [0.5, 0.6) is 23.0 Å². The van der Waals surface area contributed by atoms with Gasteiger partial charge in [-0.15, -0.1) is 0 Å². The number of amides is 1. The fourth-order valence-corrected chi connectivity index (χ4v) is 2.45. The standard InChI is InChI=1S/C20H23F2NO5/c1-4-25-14-8-10-16(26-5-2)15(12-14)23-19(24)13-7-9-17(28-20(21)22)18(11-13)27-6-3/h7-12,20H,4-6H2,1-3H3,(H,23,24). The van der Waals surface area contributed by atoms with E-state index in [1.54, 1.807) is 25.1 Å². The van der Waals surface area contributed by atoms with Crippen LogP contribution in [0, 0.1) is 0 Å². The SMILES string of the molecule is CCOc1ccc(OCC)c(NC(=O)c2ccc(OC(F)F)c(OCC)c2)c1. The number of hydrogen-bond acceptors (Lipinski definition) is 5. The summed E-state index contributed by atoms with van der Waals surface area (Å²) in [7, 11) is 0. The van der Waals surface area contributed by atoms with Crippen LogP contribution >= 0.6 is 0 Å². The van der Waals surface area contributed by atoms with E-state index in [4.69, 9.17) is 14.2 Å². The van der Waals surface area contributed by atoms with Gasteiger partial charge in [0.2, 0.25) is 0 Å². The first kappa shape index (κ1) is 21.3. The summed E-state index contributed by atoms with van der Waals surface area (Å²) >= 11 is 0. The first-order chi connectivity index (χ1) is 13.5. The van der Waals surface area contributed by atoms with E-state index >= 15 is 0 Å². The zero-order valence-corrected chi connectivity index (χ0v) is 16.0. The van der Waals surface area contributed by atoms with E-state index < -0.39 is 12.5 Å². The molecule has 0 heterocycles. The molecule has 0 spiro atoms. The molecule has 0 bridgehead atoms. The molecule has 0 saturated carbocycles. The van der Waals surface area contributed by atoms with Crippen molar-refractivity contribution in [3.63, 3.8) is 0 Å². The topological polar surface area (TPSA) is 66.0 Å². The van der Waals surface area contributed by atoms with Crippen LogP contribution in [0.1, 0.15) is 31.1 Å². The van der Waals surface area contributed by atoms with Crippen LogP contribution < -0.4 is 24.3 Å². The molecule has 0 atom stereocenters. The normalized spacial score (nSPS) is 10.5. The molecule has 2 aromatic rings. The molecule has 1 amide bonds. The molecular weight excluding hydrogens is 372 g/mol. The first-order valence-corrected chi connectivity index (χ1v) is 8.91. The Morgan fingerprint density at radius 1 is 0.893 bits per heavy atom. The highest BCUT2D eigenvalue weighted by atomic mass is 19.3. The highest BCUT2D eigenvalue weighted by Gasteiger charge is 2.16. The lowest BCUT2D eigenvalue weighted by molar-refractivity contribution is -0.0514. The van der Waals surface area contributed by atoms with E-state index in [0.717, 1.165) is 0 Å². The number of carbonyl (C=O) groups is 1. The van der Waals surface area contributed by atoms with Crippen molar-refractivity contribution in [3.8, 4) is 23.0 Å². The molecule has 0 aliphatic carbocycles. The number of rotatable bonds is 10. The summed E-state index contributed by atoms with van der Waals surface area (Å²) in [6, 6.07) is 9.10. The molecule has 0 saturated heterocycles. The summed E-state index contributed by atoms with van der Waals surface area (Å²) in [6.07, 6.45) is 0. The molecule has 28 heavy (non-hydrogen) atoms. The second-order valence-corrected chi connectivity index (χ2v) is 5.45. The van der Waals surface area contributed by atoms with Gasteiger partial charge in [-0.2, -0.15) is 8.78 Å². The van der Waals surface area contributed by atoms with Crippen LogP contribution in [0.4, 0.5) is 14.5 Å². The van der Waals surface area contributed by atoms with Crippen LogP contribution in [0.25, 0.3) is 0 Å². The molecule has 0 aromatic heterocycles. The molecule has 0 radical (unpaired) electrons. The summed E-state index contributed by atoms with van der Waals surface area (Å²) in [5.74, 6) is 0.531. The number of benzene rings is 2. The van der Waals surface area contributed by atoms with Gasteiger partial charge in [-0.1, -0.05) is 0 Å². The van der Waals surface area contributed by atoms with Gasteiger partial charge in [0, 0.05) is 11.6 Å². The molecule has 2 rings (SSSR count). The Kier molecular flexibility index (Phi) is 7.86. The molecule has 152 valence electrons. The van der Waals surface area contributed by atoms with Gasteiger partial charge in [0.25, 0.3) is 5.91 Å².